The Morgan fingerprint density at radius 3 is 2.53 bits per heavy atom. The van der Waals surface area contributed by atoms with Gasteiger partial charge in [-0.3, -0.25) is 0 Å². The van der Waals surface area contributed by atoms with Crippen LogP contribution in [0.5, 0.6) is 0 Å². The Kier molecular flexibility index (Phi) is 3.07. The van der Waals surface area contributed by atoms with E-state index in [9.17, 15) is 8.42 Å². The molecule has 1 aromatic heterocycles. The van der Waals surface area contributed by atoms with Gasteiger partial charge in [0.1, 0.15) is 0 Å². The molecule has 0 saturated heterocycles. The summed E-state index contributed by atoms with van der Waals surface area (Å²) in [5.74, 6) is 0. The molecule has 92 valence electrons. The largest absolute Gasteiger partial charge is 0.309 e. The number of hydrogen-bond acceptors (Lipinski definition) is 3. The van der Waals surface area contributed by atoms with Crippen molar-refractivity contribution in [2.75, 3.05) is 14.1 Å². The summed E-state index contributed by atoms with van der Waals surface area (Å²) in [4.78, 5) is 3.97. The van der Waals surface area contributed by atoms with Crippen molar-refractivity contribution < 1.29 is 8.42 Å². The molecule has 0 N–H and O–H groups in total. The number of benzene rings is 1. The molecule has 0 radical (unpaired) electrons. The first-order valence-electron chi connectivity index (χ1n) is 4.60. The maximum absolute atomic E-state index is 12.1. The summed E-state index contributed by atoms with van der Waals surface area (Å²) in [5.41, 5.74) is 0.834. The van der Waals surface area contributed by atoms with Gasteiger partial charge in [0.05, 0.1) is 11.0 Å². The van der Waals surface area contributed by atoms with Crippen LogP contribution in [0.1, 0.15) is 0 Å². The molecule has 0 amide bonds. The van der Waals surface area contributed by atoms with Crippen LogP contribution in [-0.2, 0) is 10.2 Å². The zero-order chi connectivity index (χ0) is 12.8. The van der Waals surface area contributed by atoms with Gasteiger partial charge in [0, 0.05) is 19.1 Å². The summed E-state index contributed by atoms with van der Waals surface area (Å²) in [6.07, 6.45) is 0. The molecule has 2 aromatic rings. The molecular formula is C9H9Cl2N3O2S. The van der Waals surface area contributed by atoms with Crippen LogP contribution in [-0.4, -0.2) is 35.8 Å². The molecule has 1 aromatic carbocycles. The minimum absolute atomic E-state index is 0.115. The van der Waals surface area contributed by atoms with Crippen molar-refractivity contribution in [3.05, 3.63) is 28.5 Å². The van der Waals surface area contributed by atoms with Crippen LogP contribution in [0.3, 0.4) is 0 Å². The number of imidazole rings is 1. The third-order valence-electron chi connectivity index (χ3n) is 2.23. The molecule has 5 nitrogen and oxygen atoms in total. The van der Waals surface area contributed by atoms with Gasteiger partial charge >= 0.3 is 10.2 Å². The molecule has 0 aliphatic heterocycles. The Balaban J connectivity index is 2.86. The fourth-order valence-corrected chi connectivity index (χ4v) is 2.94. The second-order valence-corrected chi connectivity index (χ2v) is 6.33. The predicted molar refractivity (Wildman–Crippen MR) is 67.8 cm³/mol. The smallest absolute Gasteiger partial charge is 0.217 e. The highest BCUT2D eigenvalue weighted by molar-refractivity contribution is 7.87. The SMILES string of the molecule is CN(C)S(=O)(=O)n1c(Cl)nc2ccc(Cl)cc21. The second-order valence-electron chi connectivity index (χ2n) is 3.57. The van der Waals surface area contributed by atoms with Crippen LogP contribution < -0.4 is 0 Å². The van der Waals surface area contributed by atoms with Crippen molar-refractivity contribution in [2.45, 2.75) is 0 Å². The Labute approximate surface area is 109 Å². The Morgan fingerprint density at radius 1 is 1.29 bits per heavy atom. The number of aromatic nitrogens is 2. The normalized spacial score (nSPS) is 12.5. The van der Waals surface area contributed by atoms with Crippen LogP contribution >= 0.6 is 23.2 Å². The summed E-state index contributed by atoms with van der Waals surface area (Å²) in [6, 6.07) is 4.75. The molecule has 1 heterocycles. The lowest BCUT2D eigenvalue weighted by Gasteiger charge is -2.13. The lowest BCUT2D eigenvalue weighted by atomic mass is 10.3. The third kappa shape index (κ3) is 2.01. The van der Waals surface area contributed by atoms with Gasteiger partial charge in [-0.15, -0.1) is 0 Å². The van der Waals surface area contributed by atoms with E-state index in [1.54, 1.807) is 12.1 Å². The van der Waals surface area contributed by atoms with Gasteiger partial charge in [0.2, 0.25) is 5.28 Å². The first-order valence-corrected chi connectivity index (χ1v) is 6.76. The summed E-state index contributed by atoms with van der Waals surface area (Å²) in [5, 5.41) is 0.306. The van der Waals surface area contributed by atoms with E-state index < -0.39 is 10.2 Å². The average Bonchev–Trinajstić information content (AvgIpc) is 2.53. The Bertz CT molecular complexity index is 679. The van der Waals surface area contributed by atoms with E-state index in [0.717, 1.165) is 8.28 Å². The lowest BCUT2D eigenvalue weighted by Crippen LogP contribution is -2.28. The van der Waals surface area contributed by atoms with Gasteiger partial charge in [-0.2, -0.15) is 16.7 Å². The summed E-state index contributed by atoms with van der Waals surface area (Å²) >= 11 is 11.7. The van der Waals surface area contributed by atoms with Crippen LogP contribution in [0.4, 0.5) is 0 Å². The van der Waals surface area contributed by atoms with Crippen molar-refractivity contribution in [1.29, 1.82) is 0 Å². The number of nitrogens with zero attached hydrogens (tertiary/aromatic N) is 3. The first kappa shape index (κ1) is 12.6. The molecule has 0 fully saturated rings. The quantitative estimate of drug-likeness (QED) is 0.851. The highest BCUT2D eigenvalue weighted by atomic mass is 35.5. The predicted octanol–water partition coefficient (Wildman–Crippen LogP) is 2.00. The molecule has 0 atom stereocenters. The average molecular weight is 294 g/mol. The molecule has 2 rings (SSSR count). The lowest BCUT2D eigenvalue weighted by molar-refractivity contribution is 0.512. The molecule has 0 saturated carbocycles. The van der Waals surface area contributed by atoms with Crippen LogP contribution in [0.25, 0.3) is 11.0 Å². The minimum Gasteiger partial charge on any atom is -0.217 e. The zero-order valence-corrected chi connectivity index (χ0v) is 11.4. The highest BCUT2D eigenvalue weighted by Gasteiger charge is 2.23. The van der Waals surface area contributed by atoms with E-state index in [1.807, 2.05) is 0 Å². The fraction of sp³-hybridized carbons (Fsp3) is 0.222. The molecule has 0 unspecified atom stereocenters. The van der Waals surface area contributed by atoms with E-state index in [-0.39, 0.29) is 5.28 Å². The maximum atomic E-state index is 12.1. The van der Waals surface area contributed by atoms with Crippen LogP contribution in [0.15, 0.2) is 18.2 Å². The molecule has 17 heavy (non-hydrogen) atoms. The van der Waals surface area contributed by atoms with Crippen LogP contribution in [0, 0.1) is 0 Å². The van der Waals surface area contributed by atoms with Gasteiger partial charge in [0.25, 0.3) is 0 Å². The second kappa shape index (κ2) is 4.13. The topological polar surface area (TPSA) is 55.2 Å². The van der Waals surface area contributed by atoms with Crippen LogP contribution in [0.2, 0.25) is 10.3 Å². The van der Waals surface area contributed by atoms with E-state index in [2.05, 4.69) is 4.98 Å². The van der Waals surface area contributed by atoms with Gasteiger partial charge < -0.3 is 0 Å². The summed E-state index contributed by atoms with van der Waals surface area (Å²) < 4.78 is 26.1. The standard InChI is InChI=1S/C9H9Cl2N3O2S/c1-13(2)17(15,16)14-8-5-6(10)3-4-7(8)12-9(14)11/h3-5H,1-2H3. The van der Waals surface area contributed by atoms with Crippen molar-refractivity contribution in [1.82, 2.24) is 13.3 Å². The van der Waals surface area contributed by atoms with Crippen molar-refractivity contribution in [3.63, 3.8) is 0 Å². The molecule has 8 heteroatoms. The Morgan fingerprint density at radius 2 is 1.94 bits per heavy atom. The van der Waals surface area contributed by atoms with E-state index in [0.29, 0.717) is 16.1 Å². The third-order valence-corrected chi connectivity index (χ3v) is 4.57. The van der Waals surface area contributed by atoms with E-state index in [4.69, 9.17) is 23.2 Å². The molecule has 0 bridgehead atoms. The van der Waals surface area contributed by atoms with Gasteiger partial charge in [-0.1, -0.05) is 11.6 Å². The summed E-state index contributed by atoms with van der Waals surface area (Å²) in [7, 11) is -0.873. The number of fused-ring (bicyclic) bond motifs is 1. The zero-order valence-electron chi connectivity index (χ0n) is 9.05. The molecular weight excluding hydrogens is 285 g/mol. The van der Waals surface area contributed by atoms with Crippen molar-refractivity contribution in [3.8, 4) is 0 Å². The minimum atomic E-state index is -3.71. The highest BCUT2D eigenvalue weighted by Crippen LogP contribution is 2.25. The molecule has 0 aliphatic rings. The van der Waals surface area contributed by atoms with Gasteiger partial charge in [-0.05, 0) is 29.8 Å². The maximum Gasteiger partial charge on any atom is 0.309 e. The monoisotopic (exact) mass is 293 g/mol. The number of halogens is 2. The first-order chi connectivity index (χ1) is 7.84. The molecule has 0 spiro atoms. The number of hydrogen-bond donors (Lipinski definition) is 0. The Hall–Kier alpha value is -0.820. The van der Waals surface area contributed by atoms with E-state index in [1.165, 1.54) is 20.2 Å². The van der Waals surface area contributed by atoms with Crippen molar-refractivity contribution >= 4 is 44.4 Å². The van der Waals surface area contributed by atoms with Gasteiger partial charge in [0.15, 0.2) is 0 Å². The summed E-state index contributed by atoms with van der Waals surface area (Å²) in [6.45, 7) is 0. The van der Waals surface area contributed by atoms with Gasteiger partial charge in [-0.25, -0.2) is 4.98 Å². The molecule has 0 aliphatic carbocycles. The number of rotatable bonds is 2. The van der Waals surface area contributed by atoms with Crippen molar-refractivity contribution in [2.24, 2.45) is 0 Å². The fourth-order valence-electron chi connectivity index (χ4n) is 1.38. The van der Waals surface area contributed by atoms with E-state index >= 15 is 0 Å².